The Hall–Kier alpha value is -1.77. The van der Waals surface area contributed by atoms with Gasteiger partial charge < -0.3 is 20.1 Å². The lowest BCUT2D eigenvalue weighted by Gasteiger charge is -2.34. The first kappa shape index (κ1) is 22.4. The number of anilines is 1. The number of amides is 2. The molecule has 1 aromatic carbocycles. The Morgan fingerprint density at radius 1 is 1.32 bits per heavy atom. The summed E-state index contributed by atoms with van der Waals surface area (Å²) >= 11 is 7.56. The van der Waals surface area contributed by atoms with Crippen molar-refractivity contribution in [3.05, 3.63) is 29.3 Å². The van der Waals surface area contributed by atoms with E-state index >= 15 is 0 Å². The van der Waals surface area contributed by atoms with Crippen molar-refractivity contribution in [2.45, 2.75) is 48.6 Å². The maximum atomic E-state index is 13.5. The molecule has 2 N–H and O–H groups in total. The number of nitrogens with one attached hydrogen (secondary N) is 1. The summed E-state index contributed by atoms with van der Waals surface area (Å²) in [5.74, 6) is -1.80. The van der Waals surface area contributed by atoms with E-state index < -0.39 is 22.6 Å². The van der Waals surface area contributed by atoms with E-state index in [1.807, 2.05) is 0 Å². The third-order valence-corrected chi connectivity index (χ3v) is 8.73. The number of aliphatic hydroxyl groups is 1. The maximum Gasteiger partial charge on any atom is 0.310 e. The fourth-order valence-electron chi connectivity index (χ4n) is 5.34. The number of hydrogen-bond donors (Lipinski definition) is 2. The Balaban J connectivity index is 1.65. The number of fused-ring (bicyclic) bond motifs is 1. The quantitative estimate of drug-likeness (QED) is 0.451. The number of carbonyl (C=O) groups excluding carboxylic acids is 3. The van der Waals surface area contributed by atoms with Crippen molar-refractivity contribution in [1.82, 2.24) is 4.90 Å². The molecule has 3 aliphatic heterocycles. The van der Waals surface area contributed by atoms with Crippen molar-refractivity contribution >= 4 is 46.8 Å². The summed E-state index contributed by atoms with van der Waals surface area (Å²) in [5.41, 5.74) is 0.608. The molecule has 7 nitrogen and oxygen atoms in total. The Labute approximate surface area is 190 Å². The summed E-state index contributed by atoms with van der Waals surface area (Å²) in [7, 11) is 0. The zero-order valence-electron chi connectivity index (χ0n) is 17.4. The smallest absolute Gasteiger partial charge is 0.310 e. The molecule has 0 saturated carbocycles. The zero-order chi connectivity index (χ0) is 22.2. The van der Waals surface area contributed by atoms with Crippen LogP contribution in [0.15, 0.2) is 24.3 Å². The van der Waals surface area contributed by atoms with Gasteiger partial charge in [-0.05, 0) is 56.9 Å². The third kappa shape index (κ3) is 3.83. The summed E-state index contributed by atoms with van der Waals surface area (Å²) in [6.45, 7) is 2.42. The van der Waals surface area contributed by atoms with Gasteiger partial charge >= 0.3 is 5.97 Å². The average molecular weight is 467 g/mol. The van der Waals surface area contributed by atoms with Gasteiger partial charge in [0, 0.05) is 29.1 Å². The highest BCUT2D eigenvalue weighted by molar-refractivity contribution is 8.02. The molecule has 5 atom stereocenters. The number of aliphatic hydroxyl groups excluding tert-OH is 1. The lowest BCUT2D eigenvalue weighted by atomic mass is 9.71. The van der Waals surface area contributed by atoms with Crippen LogP contribution in [-0.4, -0.2) is 63.6 Å². The summed E-state index contributed by atoms with van der Waals surface area (Å²) in [6, 6.07) is 6.17. The van der Waals surface area contributed by atoms with E-state index in [-0.39, 0.29) is 36.2 Å². The molecule has 1 aromatic rings. The number of carbonyl (C=O) groups is 3. The van der Waals surface area contributed by atoms with E-state index in [1.54, 1.807) is 47.9 Å². The fourth-order valence-corrected chi connectivity index (χ4v) is 7.67. The number of halogens is 1. The van der Waals surface area contributed by atoms with Gasteiger partial charge in [-0.15, -0.1) is 11.8 Å². The minimum Gasteiger partial charge on any atom is -0.466 e. The van der Waals surface area contributed by atoms with E-state index in [0.29, 0.717) is 36.5 Å². The molecule has 2 amide bonds. The van der Waals surface area contributed by atoms with Crippen LogP contribution < -0.4 is 5.32 Å². The van der Waals surface area contributed by atoms with Crippen LogP contribution in [0.5, 0.6) is 0 Å². The van der Waals surface area contributed by atoms with E-state index in [0.717, 1.165) is 6.42 Å². The summed E-state index contributed by atoms with van der Waals surface area (Å²) in [5, 5.41) is 12.7. The van der Waals surface area contributed by atoms with Gasteiger partial charge in [0.1, 0.15) is 6.04 Å². The van der Waals surface area contributed by atoms with Gasteiger partial charge in [-0.1, -0.05) is 11.6 Å². The second kappa shape index (κ2) is 9.00. The van der Waals surface area contributed by atoms with Crippen molar-refractivity contribution in [2.24, 2.45) is 11.8 Å². The number of likely N-dealkylation sites (tertiary alicyclic amines) is 1. The molecule has 3 fully saturated rings. The minimum absolute atomic E-state index is 0.00146. The number of ether oxygens (including phenoxy) is 1. The van der Waals surface area contributed by atoms with Crippen LogP contribution in [0.2, 0.25) is 5.02 Å². The molecule has 4 rings (SSSR count). The number of thioether (sulfide) groups is 1. The van der Waals surface area contributed by atoms with Gasteiger partial charge in [0.2, 0.25) is 11.8 Å². The van der Waals surface area contributed by atoms with E-state index in [1.165, 1.54) is 0 Å². The van der Waals surface area contributed by atoms with Crippen molar-refractivity contribution in [1.29, 1.82) is 0 Å². The molecule has 3 saturated heterocycles. The molecule has 0 aliphatic carbocycles. The van der Waals surface area contributed by atoms with E-state index in [9.17, 15) is 19.5 Å². The maximum absolute atomic E-state index is 13.5. The van der Waals surface area contributed by atoms with Gasteiger partial charge in [-0.25, -0.2) is 0 Å². The van der Waals surface area contributed by atoms with Crippen molar-refractivity contribution in [3.63, 3.8) is 0 Å². The van der Waals surface area contributed by atoms with Crippen LogP contribution in [0.3, 0.4) is 0 Å². The van der Waals surface area contributed by atoms with Crippen LogP contribution in [0.25, 0.3) is 0 Å². The van der Waals surface area contributed by atoms with Crippen LogP contribution in [0.4, 0.5) is 5.69 Å². The number of nitrogens with zero attached hydrogens (tertiary/aromatic N) is 1. The van der Waals surface area contributed by atoms with Gasteiger partial charge in [-0.2, -0.15) is 0 Å². The zero-order valence-corrected chi connectivity index (χ0v) is 19.0. The molecule has 31 heavy (non-hydrogen) atoms. The first-order chi connectivity index (χ1) is 14.9. The second-order valence-electron chi connectivity index (χ2n) is 8.27. The molecule has 2 bridgehead atoms. The molecule has 3 heterocycles. The molecular formula is C22H27ClN2O5S. The first-order valence-electron chi connectivity index (χ1n) is 10.7. The van der Waals surface area contributed by atoms with E-state index in [2.05, 4.69) is 5.32 Å². The molecule has 0 aromatic heterocycles. The topological polar surface area (TPSA) is 95.9 Å². The number of unbranched alkanes of at least 4 members (excludes halogenated alkanes) is 1. The molecule has 1 spiro atoms. The lowest BCUT2D eigenvalue weighted by Crippen LogP contribution is -2.51. The lowest BCUT2D eigenvalue weighted by molar-refractivity contribution is -0.153. The van der Waals surface area contributed by atoms with Crippen molar-refractivity contribution in [3.8, 4) is 0 Å². The summed E-state index contributed by atoms with van der Waals surface area (Å²) in [4.78, 5) is 41.4. The van der Waals surface area contributed by atoms with Gasteiger partial charge in [0.15, 0.2) is 0 Å². The monoisotopic (exact) mass is 466 g/mol. The van der Waals surface area contributed by atoms with Crippen molar-refractivity contribution < 1.29 is 24.2 Å². The summed E-state index contributed by atoms with van der Waals surface area (Å²) < 4.78 is 4.67. The number of rotatable bonds is 8. The Morgan fingerprint density at radius 3 is 2.74 bits per heavy atom. The highest BCUT2D eigenvalue weighted by Crippen LogP contribution is 2.66. The number of esters is 1. The van der Waals surface area contributed by atoms with Gasteiger partial charge in [0.25, 0.3) is 0 Å². The molecule has 0 radical (unpaired) electrons. The Kier molecular flexibility index (Phi) is 6.51. The molecule has 9 heteroatoms. The van der Waals surface area contributed by atoms with Gasteiger partial charge in [-0.3, -0.25) is 14.4 Å². The highest BCUT2D eigenvalue weighted by Gasteiger charge is 2.73. The molecule has 3 aliphatic rings. The summed E-state index contributed by atoms with van der Waals surface area (Å²) in [6.07, 6.45) is 2.63. The molecular weight excluding hydrogens is 440 g/mol. The largest absolute Gasteiger partial charge is 0.466 e. The number of benzene rings is 1. The minimum atomic E-state index is -0.672. The SMILES string of the molecule is CCOC(=O)[C@@H]1[C@@H]2CCC3(S2)C(C(=O)Nc2ccc(Cl)cc2)N(CCCCO)C(=O)[C@H]13. The van der Waals surface area contributed by atoms with E-state index in [4.69, 9.17) is 16.3 Å². The second-order valence-corrected chi connectivity index (χ2v) is 10.3. The third-order valence-electron chi connectivity index (χ3n) is 6.53. The van der Waals surface area contributed by atoms with Crippen LogP contribution in [0, 0.1) is 11.8 Å². The average Bonchev–Trinajstić information content (AvgIpc) is 3.38. The molecule has 168 valence electrons. The normalized spacial score (nSPS) is 31.1. The highest BCUT2D eigenvalue weighted by atomic mass is 35.5. The van der Waals surface area contributed by atoms with Crippen LogP contribution in [-0.2, 0) is 19.1 Å². The predicted molar refractivity (Wildman–Crippen MR) is 119 cm³/mol. The fraction of sp³-hybridized carbons (Fsp3) is 0.591. The Bertz CT molecular complexity index is 866. The van der Waals surface area contributed by atoms with Crippen LogP contribution in [0.1, 0.15) is 32.6 Å². The Morgan fingerprint density at radius 2 is 2.06 bits per heavy atom. The number of hydrogen-bond acceptors (Lipinski definition) is 6. The van der Waals surface area contributed by atoms with Gasteiger partial charge in [0.05, 0.1) is 23.2 Å². The van der Waals surface area contributed by atoms with Crippen LogP contribution >= 0.6 is 23.4 Å². The first-order valence-corrected chi connectivity index (χ1v) is 12.0. The predicted octanol–water partition coefficient (Wildman–Crippen LogP) is 2.71. The van der Waals surface area contributed by atoms with Crippen molar-refractivity contribution in [2.75, 3.05) is 25.1 Å². The standard InChI is InChI=1S/C22H27ClN2O5S/c1-2-30-21(29)16-15-9-10-22(31-15)17(16)20(28)25(11-3-4-12-26)18(22)19(27)24-14-7-5-13(23)6-8-14/h5-8,15-18,26H,2-4,9-12H2,1H3,(H,24,27)/t15-,16+,17-,18?,22?/m0/s1. The molecule has 2 unspecified atom stereocenters.